The van der Waals surface area contributed by atoms with Crippen LogP contribution in [0, 0.1) is 0 Å². The number of morpholine rings is 1. The van der Waals surface area contributed by atoms with Crippen molar-refractivity contribution in [3.8, 4) is 17.2 Å². The quantitative estimate of drug-likeness (QED) is 0.672. The summed E-state index contributed by atoms with van der Waals surface area (Å²) in [5, 5.41) is 0. The van der Waals surface area contributed by atoms with E-state index < -0.39 is 0 Å². The molecule has 2 fully saturated rings. The molecule has 0 bridgehead atoms. The molecule has 29 heavy (non-hydrogen) atoms. The summed E-state index contributed by atoms with van der Waals surface area (Å²) >= 11 is 0. The maximum absolute atomic E-state index is 13.1. The molecular weight excluding hydrogens is 378 g/mol. The molecule has 1 aromatic rings. The van der Waals surface area contributed by atoms with Gasteiger partial charge in [-0.3, -0.25) is 14.5 Å². The molecule has 9 heteroatoms. The molecule has 2 amide bonds. The van der Waals surface area contributed by atoms with E-state index in [2.05, 4.69) is 4.90 Å². The Bertz CT molecular complexity index is 727. The number of hydrogen-bond donors (Lipinski definition) is 0. The van der Waals surface area contributed by atoms with Crippen molar-refractivity contribution in [3.05, 3.63) is 17.7 Å². The maximum atomic E-state index is 13.1. The highest BCUT2D eigenvalue weighted by atomic mass is 16.5. The zero-order valence-corrected chi connectivity index (χ0v) is 17.3. The van der Waals surface area contributed by atoms with Crippen molar-refractivity contribution >= 4 is 11.8 Å². The van der Waals surface area contributed by atoms with Gasteiger partial charge in [-0.15, -0.1) is 0 Å². The lowest BCUT2D eigenvalue weighted by molar-refractivity contribution is -0.134. The fourth-order valence-electron chi connectivity index (χ4n) is 3.58. The van der Waals surface area contributed by atoms with Gasteiger partial charge in [0.1, 0.15) is 5.75 Å². The zero-order chi connectivity index (χ0) is 20.8. The summed E-state index contributed by atoms with van der Waals surface area (Å²) in [4.78, 5) is 31.3. The Hall–Kier alpha value is -2.52. The first-order chi connectivity index (χ1) is 14.1. The number of carbonyl (C=O) groups excluding carboxylic acids is 2. The first kappa shape index (κ1) is 21.2. The molecule has 1 aromatic carbocycles. The van der Waals surface area contributed by atoms with Crippen LogP contribution in [0.5, 0.6) is 17.2 Å². The molecule has 2 aliphatic heterocycles. The number of hydrogen-bond acceptors (Lipinski definition) is 7. The van der Waals surface area contributed by atoms with Crippen LogP contribution in [0.3, 0.4) is 0 Å². The Labute approximate surface area is 171 Å². The third-order valence-electron chi connectivity index (χ3n) is 5.32. The van der Waals surface area contributed by atoms with Crippen molar-refractivity contribution in [3.63, 3.8) is 0 Å². The molecule has 0 unspecified atom stereocenters. The molecular formula is C20H29N3O6. The monoisotopic (exact) mass is 407 g/mol. The van der Waals surface area contributed by atoms with Gasteiger partial charge in [0, 0.05) is 51.4 Å². The molecule has 0 aromatic heterocycles. The van der Waals surface area contributed by atoms with Crippen molar-refractivity contribution in [1.82, 2.24) is 14.7 Å². The summed E-state index contributed by atoms with van der Waals surface area (Å²) in [6, 6.07) is 3.28. The Balaban J connectivity index is 1.61. The molecule has 2 saturated heterocycles. The minimum atomic E-state index is -0.150. The van der Waals surface area contributed by atoms with E-state index in [1.165, 1.54) is 21.3 Å². The topological polar surface area (TPSA) is 80.8 Å². The maximum Gasteiger partial charge on any atom is 0.257 e. The Morgan fingerprint density at radius 2 is 1.38 bits per heavy atom. The second kappa shape index (κ2) is 9.80. The van der Waals surface area contributed by atoms with Gasteiger partial charge < -0.3 is 28.7 Å². The van der Waals surface area contributed by atoms with Crippen molar-refractivity contribution in [2.75, 3.05) is 80.4 Å². The minimum Gasteiger partial charge on any atom is -0.496 e. The number of amides is 2. The van der Waals surface area contributed by atoms with Crippen molar-refractivity contribution in [2.24, 2.45) is 0 Å². The predicted octanol–water partition coefficient (Wildman–Crippen LogP) is 0.329. The van der Waals surface area contributed by atoms with Crippen LogP contribution in [0.1, 0.15) is 10.4 Å². The van der Waals surface area contributed by atoms with Crippen LogP contribution >= 0.6 is 0 Å². The Kier molecular flexibility index (Phi) is 7.16. The number of ether oxygens (including phenoxy) is 4. The molecule has 0 aliphatic carbocycles. The fourth-order valence-corrected chi connectivity index (χ4v) is 3.58. The minimum absolute atomic E-state index is 0.0997. The van der Waals surface area contributed by atoms with Crippen LogP contribution in [0.4, 0.5) is 0 Å². The molecule has 9 nitrogen and oxygen atoms in total. The van der Waals surface area contributed by atoms with Crippen LogP contribution in [0.25, 0.3) is 0 Å². The first-order valence-electron chi connectivity index (χ1n) is 9.74. The highest BCUT2D eigenvalue weighted by molar-refractivity contribution is 5.98. The lowest BCUT2D eigenvalue weighted by atomic mass is 10.1. The van der Waals surface area contributed by atoms with Crippen LogP contribution in [0.2, 0.25) is 0 Å². The smallest absolute Gasteiger partial charge is 0.257 e. The van der Waals surface area contributed by atoms with Gasteiger partial charge in [-0.25, -0.2) is 0 Å². The number of carbonyl (C=O) groups is 2. The van der Waals surface area contributed by atoms with Crippen molar-refractivity contribution in [1.29, 1.82) is 0 Å². The van der Waals surface area contributed by atoms with E-state index in [0.29, 0.717) is 68.7 Å². The molecule has 160 valence electrons. The standard InChI is InChI=1S/C20H29N3O6/c1-26-16-13-18(28-3)17(27-2)12-15(16)20(25)23-6-4-22(5-7-23)19(24)14-21-8-10-29-11-9-21/h12-13H,4-11,14H2,1-3H3. The van der Waals surface area contributed by atoms with Crippen LogP contribution in [0.15, 0.2) is 12.1 Å². The van der Waals surface area contributed by atoms with Crippen LogP contribution in [-0.2, 0) is 9.53 Å². The van der Waals surface area contributed by atoms with Gasteiger partial charge >= 0.3 is 0 Å². The SMILES string of the molecule is COc1cc(OC)c(C(=O)N2CCN(C(=O)CN3CCOCC3)CC2)cc1OC. The van der Waals surface area contributed by atoms with E-state index >= 15 is 0 Å². The molecule has 2 heterocycles. The van der Waals surface area contributed by atoms with Crippen LogP contribution in [-0.4, -0.2) is 107 Å². The van der Waals surface area contributed by atoms with Crippen molar-refractivity contribution in [2.45, 2.75) is 0 Å². The van der Waals surface area contributed by atoms with Crippen molar-refractivity contribution < 1.29 is 28.5 Å². The lowest BCUT2D eigenvalue weighted by Crippen LogP contribution is -2.53. The van der Waals surface area contributed by atoms with Crippen LogP contribution < -0.4 is 14.2 Å². The van der Waals surface area contributed by atoms with Gasteiger partial charge in [-0.2, -0.15) is 0 Å². The van der Waals surface area contributed by atoms with Gasteiger partial charge in [-0.1, -0.05) is 0 Å². The lowest BCUT2D eigenvalue weighted by Gasteiger charge is -2.36. The predicted molar refractivity (Wildman–Crippen MR) is 106 cm³/mol. The third-order valence-corrected chi connectivity index (χ3v) is 5.32. The third kappa shape index (κ3) is 4.91. The Morgan fingerprint density at radius 3 is 1.97 bits per heavy atom. The summed E-state index contributed by atoms with van der Waals surface area (Å²) < 4.78 is 21.3. The van der Waals surface area contributed by atoms with Gasteiger partial charge in [0.05, 0.1) is 46.7 Å². The number of rotatable bonds is 6. The largest absolute Gasteiger partial charge is 0.496 e. The number of piperazine rings is 1. The summed E-state index contributed by atoms with van der Waals surface area (Å²) in [5.74, 6) is 1.35. The van der Waals surface area contributed by atoms with E-state index in [1.807, 2.05) is 4.90 Å². The van der Waals surface area contributed by atoms with Gasteiger partial charge in [-0.05, 0) is 0 Å². The second-order valence-corrected chi connectivity index (χ2v) is 6.97. The molecule has 0 N–H and O–H groups in total. The fraction of sp³-hybridized carbons (Fsp3) is 0.600. The molecule has 2 aliphatic rings. The molecule has 0 atom stereocenters. The number of methoxy groups -OCH3 is 3. The number of nitrogens with zero attached hydrogens (tertiary/aromatic N) is 3. The van der Waals surface area contributed by atoms with E-state index in [-0.39, 0.29) is 11.8 Å². The highest BCUT2D eigenvalue weighted by Crippen LogP contribution is 2.35. The van der Waals surface area contributed by atoms with E-state index in [4.69, 9.17) is 18.9 Å². The van der Waals surface area contributed by atoms with Gasteiger partial charge in [0.2, 0.25) is 5.91 Å². The summed E-state index contributed by atoms with van der Waals surface area (Å²) in [6.45, 7) is 5.30. The summed E-state index contributed by atoms with van der Waals surface area (Å²) in [7, 11) is 4.57. The summed E-state index contributed by atoms with van der Waals surface area (Å²) in [5.41, 5.74) is 0.415. The second-order valence-electron chi connectivity index (χ2n) is 6.97. The molecule has 3 rings (SSSR count). The highest BCUT2D eigenvalue weighted by Gasteiger charge is 2.28. The van der Waals surface area contributed by atoms with Gasteiger partial charge in [0.25, 0.3) is 5.91 Å². The van der Waals surface area contributed by atoms with Gasteiger partial charge in [0.15, 0.2) is 11.5 Å². The average molecular weight is 407 g/mol. The molecule has 0 spiro atoms. The Morgan fingerprint density at radius 1 is 0.828 bits per heavy atom. The van der Waals surface area contributed by atoms with E-state index in [0.717, 1.165) is 13.1 Å². The average Bonchev–Trinajstić information content (AvgIpc) is 2.78. The number of benzene rings is 1. The van der Waals surface area contributed by atoms with E-state index in [1.54, 1.807) is 17.0 Å². The summed E-state index contributed by atoms with van der Waals surface area (Å²) in [6.07, 6.45) is 0. The molecule has 0 radical (unpaired) electrons. The van der Waals surface area contributed by atoms with E-state index in [9.17, 15) is 9.59 Å². The first-order valence-corrected chi connectivity index (χ1v) is 9.74. The molecule has 0 saturated carbocycles. The zero-order valence-electron chi connectivity index (χ0n) is 17.3. The normalized spacial score (nSPS) is 17.8.